The zero-order chi connectivity index (χ0) is 16.9. The summed E-state index contributed by atoms with van der Waals surface area (Å²) in [7, 11) is 1.30. The first-order valence-corrected chi connectivity index (χ1v) is 7.31. The molecule has 0 unspecified atom stereocenters. The van der Waals surface area contributed by atoms with Gasteiger partial charge in [-0.1, -0.05) is 6.08 Å². The van der Waals surface area contributed by atoms with Crippen LogP contribution in [0.1, 0.15) is 40.5 Å². The second-order valence-electron chi connectivity index (χ2n) is 5.75. The number of rotatable bonds is 5. The minimum absolute atomic E-state index is 0.318. The van der Waals surface area contributed by atoms with E-state index >= 15 is 0 Å². The van der Waals surface area contributed by atoms with Gasteiger partial charge in [-0.3, -0.25) is 0 Å². The highest BCUT2D eigenvalue weighted by Crippen LogP contribution is 2.30. The van der Waals surface area contributed by atoms with Gasteiger partial charge in [0.15, 0.2) is 0 Å². The molecule has 0 amide bonds. The van der Waals surface area contributed by atoms with Gasteiger partial charge in [-0.25, -0.2) is 9.59 Å². The molecule has 0 saturated carbocycles. The minimum atomic E-state index is -1.14. The van der Waals surface area contributed by atoms with Gasteiger partial charge in [0.1, 0.15) is 0 Å². The summed E-state index contributed by atoms with van der Waals surface area (Å²) in [6.07, 6.45) is 4.27. The lowest BCUT2D eigenvalue weighted by molar-refractivity contribution is -0.138. The quantitative estimate of drug-likeness (QED) is 0.624. The Bertz CT molecular complexity index is 544. The van der Waals surface area contributed by atoms with E-state index in [0.29, 0.717) is 30.6 Å². The molecule has 0 aromatic rings. The average molecular weight is 308 g/mol. The molecule has 122 valence electrons. The maximum absolute atomic E-state index is 12.0. The topological polar surface area (TPSA) is 72.8 Å². The van der Waals surface area contributed by atoms with Crippen LogP contribution in [0.2, 0.25) is 0 Å². The molecule has 0 atom stereocenters. The van der Waals surface area contributed by atoms with E-state index in [4.69, 9.17) is 9.47 Å². The number of allylic oxidation sites excluding steroid dienone is 2. The van der Waals surface area contributed by atoms with Crippen molar-refractivity contribution in [3.05, 3.63) is 34.4 Å². The Morgan fingerprint density at radius 3 is 2.45 bits per heavy atom. The lowest BCUT2D eigenvalue weighted by Crippen LogP contribution is -2.20. The number of methoxy groups -OCH3 is 1. The van der Waals surface area contributed by atoms with Gasteiger partial charge in [0.2, 0.25) is 0 Å². The summed E-state index contributed by atoms with van der Waals surface area (Å²) in [6, 6.07) is 0. The third-order valence-electron chi connectivity index (χ3n) is 3.28. The molecule has 5 nitrogen and oxygen atoms in total. The largest absolute Gasteiger partial charge is 0.465 e. The number of carbonyl (C=O) groups is 2. The Labute approximate surface area is 131 Å². The fourth-order valence-corrected chi connectivity index (χ4v) is 2.32. The molecule has 0 aromatic heterocycles. The van der Waals surface area contributed by atoms with Crippen molar-refractivity contribution in [3.8, 4) is 0 Å². The molecule has 0 radical (unpaired) electrons. The van der Waals surface area contributed by atoms with Gasteiger partial charge < -0.3 is 14.6 Å². The SMILES string of the molecule is CCOC(=O)C1=C(C)C=C(/C(=C\C(C)(C)O)C(=O)OC)CC1. The van der Waals surface area contributed by atoms with Gasteiger partial charge in [0, 0.05) is 5.57 Å². The van der Waals surface area contributed by atoms with E-state index in [1.807, 2.05) is 6.92 Å². The van der Waals surface area contributed by atoms with Gasteiger partial charge in [0.05, 0.1) is 24.9 Å². The van der Waals surface area contributed by atoms with Crippen molar-refractivity contribution in [2.24, 2.45) is 0 Å². The first kappa shape index (κ1) is 18.2. The molecule has 1 N–H and O–H groups in total. The van der Waals surface area contributed by atoms with E-state index in [0.717, 1.165) is 11.1 Å². The van der Waals surface area contributed by atoms with Crippen LogP contribution in [0.3, 0.4) is 0 Å². The zero-order valence-electron chi connectivity index (χ0n) is 13.9. The molecular weight excluding hydrogens is 284 g/mol. The fraction of sp³-hybridized carbons (Fsp3) is 0.529. The summed E-state index contributed by atoms with van der Waals surface area (Å²) in [4.78, 5) is 23.8. The third-order valence-corrected chi connectivity index (χ3v) is 3.28. The molecule has 0 spiro atoms. The molecule has 0 heterocycles. The second kappa shape index (κ2) is 7.40. The van der Waals surface area contributed by atoms with Crippen molar-refractivity contribution in [1.82, 2.24) is 0 Å². The van der Waals surface area contributed by atoms with Crippen molar-refractivity contribution in [2.75, 3.05) is 13.7 Å². The van der Waals surface area contributed by atoms with Crippen LogP contribution in [0, 0.1) is 0 Å². The molecule has 0 saturated heterocycles. The molecule has 0 fully saturated rings. The Kier molecular flexibility index (Phi) is 6.11. The van der Waals surface area contributed by atoms with Crippen molar-refractivity contribution in [3.63, 3.8) is 0 Å². The molecule has 0 aromatic carbocycles. The smallest absolute Gasteiger partial charge is 0.337 e. The van der Waals surface area contributed by atoms with Crippen molar-refractivity contribution >= 4 is 11.9 Å². The minimum Gasteiger partial charge on any atom is -0.465 e. The van der Waals surface area contributed by atoms with Crippen LogP contribution >= 0.6 is 0 Å². The lowest BCUT2D eigenvalue weighted by Gasteiger charge is -2.21. The molecule has 22 heavy (non-hydrogen) atoms. The van der Waals surface area contributed by atoms with Crippen LogP contribution in [0.15, 0.2) is 34.4 Å². The van der Waals surface area contributed by atoms with Gasteiger partial charge >= 0.3 is 11.9 Å². The van der Waals surface area contributed by atoms with E-state index < -0.39 is 11.6 Å². The van der Waals surface area contributed by atoms with E-state index in [1.165, 1.54) is 13.2 Å². The van der Waals surface area contributed by atoms with Gasteiger partial charge in [-0.15, -0.1) is 0 Å². The van der Waals surface area contributed by atoms with Crippen LogP contribution in [0.25, 0.3) is 0 Å². The number of aliphatic hydroxyl groups is 1. The predicted octanol–water partition coefficient (Wildman–Crippen LogP) is 2.46. The highest BCUT2D eigenvalue weighted by molar-refractivity contribution is 5.95. The Morgan fingerprint density at radius 2 is 2.00 bits per heavy atom. The summed E-state index contributed by atoms with van der Waals surface area (Å²) in [5, 5.41) is 9.94. The number of carbonyl (C=O) groups excluding carboxylic acids is 2. The van der Waals surface area contributed by atoms with Crippen molar-refractivity contribution in [1.29, 1.82) is 0 Å². The molecule has 5 heteroatoms. The van der Waals surface area contributed by atoms with Gasteiger partial charge in [-0.05, 0) is 57.8 Å². The molecule has 1 rings (SSSR count). The van der Waals surface area contributed by atoms with E-state index in [-0.39, 0.29) is 5.97 Å². The maximum atomic E-state index is 12.0. The molecule has 1 aliphatic rings. The highest BCUT2D eigenvalue weighted by atomic mass is 16.5. The number of hydrogen-bond donors (Lipinski definition) is 1. The highest BCUT2D eigenvalue weighted by Gasteiger charge is 2.25. The predicted molar refractivity (Wildman–Crippen MR) is 83.0 cm³/mol. The van der Waals surface area contributed by atoms with E-state index in [9.17, 15) is 14.7 Å². The Balaban J connectivity index is 3.20. The van der Waals surface area contributed by atoms with Crippen LogP contribution in [0.4, 0.5) is 0 Å². The zero-order valence-corrected chi connectivity index (χ0v) is 13.9. The van der Waals surface area contributed by atoms with Crippen molar-refractivity contribution < 1.29 is 24.2 Å². The number of hydrogen-bond acceptors (Lipinski definition) is 5. The van der Waals surface area contributed by atoms with E-state index in [2.05, 4.69) is 0 Å². The van der Waals surface area contributed by atoms with E-state index in [1.54, 1.807) is 26.8 Å². The molecule has 1 aliphatic carbocycles. The maximum Gasteiger partial charge on any atom is 0.337 e. The van der Waals surface area contributed by atoms with Crippen LogP contribution in [0.5, 0.6) is 0 Å². The standard InChI is InChI=1S/C17H24O5/c1-6-22-16(19)13-8-7-12(9-11(13)2)14(15(18)21-5)10-17(3,4)20/h9-10,20H,6-8H2,1-5H3/b14-10+. The van der Waals surface area contributed by atoms with Gasteiger partial charge in [0.25, 0.3) is 0 Å². The van der Waals surface area contributed by atoms with Crippen LogP contribution in [-0.4, -0.2) is 36.4 Å². The fourth-order valence-electron chi connectivity index (χ4n) is 2.32. The molecule has 0 bridgehead atoms. The third kappa shape index (κ3) is 4.84. The lowest BCUT2D eigenvalue weighted by atomic mass is 9.87. The summed E-state index contributed by atoms with van der Waals surface area (Å²) < 4.78 is 9.82. The summed E-state index contributed by atoms with van der Waals surface area (Å²) in [5.41, 5.74) is 1.34. The van der Waals surface area contributed by atoms with Crippen LogP contribution in [-0.2, 0) is 19.1 Å². The van der Waals surface area contributed by atoms with Gasteiger partial charge in [-0.2, -0.15) is 0 Å². The normalized spacial score (nSPS) is 16.3. The second-order valence-corrected chi connectivity index (χ2v) is 5.75. The molecular formula is C17H24O5. The van der Waals surface area contributed by atoms with Crippen molar-refractivity contribution in [2.45, 2.75) is 46.1 Å². The summed E-state index contributed by atoms with van der Waals surface area (Å²) in [5.74, 6) is -0.817. The average Bonchev–Trinajstić information content (AvgIpc) is 2.43. The van der Waals surface area contributed by atoms with Crippen LogP contribution < -0.4 is 0 Å². The summed E-state index contributed by atoms with van der Waals surface area (Å²) >= 11 is 0. The summed E-state index contributed by atoms with van der Waals surface area (Å²) in [6.45, 7) is 7.08. The monoisotopic (exact) mass is 308 g/mol. The first-order valence-electron chi connectivity index (χ1n) is 7.31. The Hall–Kier alpha value is -1.88. The number of esters is 2. The first-order chi connectivity index (χ1) is 10.2. The molecule has 0 aliphatic heterocycles. The number of ether oxygens (including phenoxy) is 2. The Morgan fingerprint density at radius 1 is 1.36 bits per heavy atom.